The Hall–Kier alpha value is -2.19. The fraction of sp³-hybridized carbons (Fsp3) is 0.0769. The van der Waals surface area contributed by atoms with Gasteiger partial charge in [0.15, 0.2) is 5.78 Å². The molecule has 0 aliphatic heterocycles. The number of benzene rings is 1. The van der Waals surface area contributed by atoms with E-state index in [4.69, 9.17) is 21.3 Å². The minimum Gasteiger partial charge on any atom is -0.452 e. The number of furan rings is 1. The highest BCUT2D eigenvalue weighted by molar-refractivity contribution is 6.32. The third kappa shape index (κ3) is 2.49. The van der Waals surface area contributed by atoms with E-state index in [1.807, 2.05) is 0 Å². The minimum absolute atomic E-state index is 0.0167. The lowest BCUT2D eigenvalue weighted by atomic mass is 9.92. The van der Waals surface area contributed by atoms with Gasteiger partial charge in [0.1, 0.15) is 17.6 Å². The smallest absolute Gasteiger partial charge is 0.203 e. The van der Waals surface area contributed by atoms with E-state index in [9.17, 15) is 13.6 Å². The molecule has 0 aliphatic carbocycles. The van der Waals surface area contributed by atoms with Gasteiger partial charge in [-0.15, -0.1) is 0 Å². The van der Waals surface area contributed by atoms with E-state index >= 15 is 0 Å². The first kappa shape index (κ1) is 13.2. The van der Waals surface area contributed by atoms with Gasteiger partial charge in [-0.25, -0.2) is 8.78 Å². The minimum atomic E-state index is -1.41. The normalized spacial score (nSPS) is 11.9. The Morgan fingerprint density at radius 2 is 2.11 bits per heavy atom. The molecule has 1 unspecified atom stereocenters. The molecule has 1 aromatic heterocycles. The molecule has 6 heteroatoms. The van der Waals surface area contributed by atoms with Crippen LogP contribution in [0.2, 0.25) is 5.22 Å². The van der Waals surface area contributed by atoms with Crippen molar-refractivity contribution in [2.24, 2.45) is 0 Å². The maximum Gasteiger partial charge on any atom is 0.203 e. The van der Waals surface area contributed by atoms with Crippen molar-refractivity contribution in [3.05, 3.63) is 58.5 Å². The number of nitrogens with zero attached hydrogens (tertiary/aromatic N) is 1. The molecule has 1 atom stereocenters. The van der Waals surface area contributed by atoms with Crippen LogP contribution in [0, 0.1) is 23.0 Å². The van der Waals surface area contributed by atoms with E-state index in [0.29, 0.717) is 6.07 Å². The zero-order valence-electron chi connectivity index (χ0n) is 9.36. The molecule has 96 valence electrons. The number of halogens is 3. The van der Waals surface area contributed by atoms with Crippen molar-refractivity contribution in [1.29, 1.82) is 5.26 Å². The summed E-state index contributed by atoms with van der Waals surface area (Å²) in [5.74, 6) is -3.85. The Bertz CT molecular complexity index is 676. The SMILES string of the molecule is N#CC(C(=O)c1ccoc1Cl)c1ccc(F)cc1F. The van der Waals surface area contributed by atoms with Crippen LogP contribution in [0.15, 0.2) is 34.9 Å². The molecule has 0 bridgehead atoms. The van der Waals surface area contributed by atoms with Crippen molar-refractivity contribution in [2.75, 3.05) is 0 Å². The fourth-order valence-corrected chi connectivity index (χ4v) is 1.84. The van der Waals surface area contributed by atoms with Crippen LogP contribution in [-0.4, -0.2) is 5.78 Å². The summed E-state index contributed by atoms with van der Waals surface area (Å²) in [6, 6.07) is 5.62. The fourth-order valence-electron chi connectivity index (χ4n) is 1.63. The van der Waals surface area contributed by atoms with Gasteiger partial charge in [0.05, 0.1) is 17.9 Å². The van der Waals surface area contributed by atoms with E-state index in [1.54, 1.807) is 6.07 Å². The van der Waals surface area contributed by atoms with E-state index in [1.165, 1.54) is 12.3 Å². The molecular weight excluding hydrogens is 276 g/mol. The third-order valence-corrected chi connectivity index (χ3v) is 2.84. The first-order valence-corrected chi connectivity index (χ1v) is 5.54. The summed E-state index contributed by atoms with van der Waals surface area (Å²) in [6.07, 6.45) is 1.19. The molecule has 0 saturated heterocycles. The average Bonchev–Trinajstić information content (AvgIpc) is 2.78. The summed E-state index contributed by atoms with van der Waals surface area (Å²) in [5.41, 5.74) is -0.219. The third-order valence-electron chi connectivity index (χ3n) is 2.55. The number of hydrogen-bond acceptors (Lipinski definition) is 3. The van der Waals surface area contributed by atoms with Crippen LogP contribution in [0.5, 0.6) is 0 Å². The summed E-state index contributed by atoms with van der Waals surface area (Å²) in [5, 5.41) is 8.86. The topological polar surface area (TPSA) is 54.0 Å². The quantitative estimate of drug-likeness (QED) is 0.806. The van der Waals surface area contributed by atoms with Crippen LogP contribution < -0.4 is 0 Å². The lowest BCUT2D eigenvalue weighted by molar-refractivity contribution is 0.0977. The number of carbonyl (C=O) groups excluding carboxylic acids is 1. The summed E-state index contributed by atoms with van der Waals surface area (Å²) >= 11 is 5.64. The predicted molar refractivity (Wildman–Crippen MR) is 62.8 cm³/mol. The predicted octanol–water partition coefficient (Wildman–Crippen LogP) is 3.70. The number of Topliss-reactive ketones (excluding diaryl/α,β-unsaturated/α-hetero) is 1. The monoisotopic (exact) mass is 281 g/mol. The molecule has 2 rings (SSSR count). The number of carbonyl (C=O) groups is 1. The second-order valence-electron chi connectivity index (χ2n) is 3.70. The lowest BCUT2D eigenvalue weighted by Gasteiger charge is -2.08. The van der Waals surface area contributed by atoms with Gasteiger partial charge in [-0.05, 0) is 23.7 Å². The lowest BCUT2D eigenvalue weighted by Crippen LogP contribution is -2.12. The van der Waals surface area contributed by atoms with Crippen LogP contribution in [-0.2, 0) is 0 Å². The molecule has 0 N–H and O–H groups in total. The molecule has 2 aromatic rings. The van der Waals surface area contributed by atoms with Crippen molar-refractivity contribution in [1.82, 2.24) is 0 Å². The standard InChI is InChI=1S/C13H6ClF2NO2/c14-13-9(3-4-19-13)12(18)10(6-17)8-2-1-7(15)5-11(8)16/h1-5,10H. The van der Waals surface area contributed by atoms with Gasteiger partial charge in [-0.1, -0.05) is 6.07 Å². The summed E-state index contributed by atoms with van der Waals surface area (Å²) in [4.78, 5) is 12.1. The zero-order chi connectivity index (χ0) is 14.0. The summed E-state index contributed by atoms with van der Waals surface area (Å²) in [7, 11) is 0. The average molecular weight is 282 g/mol. The van der Waals surface area contributed by atoms with E-state index in [0.717, 1.165) is 12.1 Å². The van der Waals surface area contributed by atoms with Crippen molar-refractivity contribution >= 4 is 17.4 Å². The first-order valence-electron chi connectivity index (χ1n) is 5.16. The van der Waals surface area contributed by atoms with Crippen LogP contribution in [0.4, 0.5) is 8.78 Å². The molecule has 0 spiro atoms. The second kappa shape index (κ2) is 5.21. The van der Waals surface area contributed by atoms with E-state index in [-0.39, 0.29) is 16.3 Å². The molecule has 1 heterocycles. The van der Waals surface area contributed by atoms with E-state index in [2.05, 4.69) is 0 Å². The first-order chi connectivity index (χ1) is 9.04. The van der Waals surface area contributed by atoms with Gasteiger partial charge in [0.2, 0.25) is 5.22 Å². The molecule has 19 heavy (non-hydrogen) atoms. The van der Waals surface area contributed by atoms with E-state index < -0.39 is 23.3 Å². The van der Waals surface area contributed by atoms with Crippen molar-refractivity contribution in [3.63, 3.8) is 0 Å². The molecule has 0 radical (unpaired) electrons. The molecule has 3 nitrogen and oxygen atoms in total. The van der Waals surface area contributed by atoms with Crippen LogP contribution in [0.25, 0.3) is 0 Å². The largest absolute Gasteiger partial charge is 0.452 e. The van der Waals surface area contributed by atoms with Crippen molar-refractivity contribution in [2.45, 2.75) is 5.92 Å². The highest BCUT2D eigenvalue weighted by atomic mass is 35.5. The zero-order valence-corrected chi connectivity index (χ0v) is 10.1. The molecule has 0 amide bonds. The Morgan fingerprint density at radius 3 is 2.63 bits per heavy atom. The van der Waals surface area contributed by atoms with Gasteiger partial charge < -0.3 is 4.42 Å². The molecule has 1 aromatic carbocycles. The van der Waals surface area contributed by atoms with Gasteiger partial charge >= 0.3 is 0 Å². The Labute approximate surface area is 112 Å². The number of rotatable bonds is 3. The second-order valence-corrected chi connectivity index (χ2v) is 4.04. The number of ketones is 1. The highest BCUT2D eigenvalue weighted by Crippen LogP contribution is 2.27. The van der Waals surface area contributed by atoms with Crippen molar-refractivity contribution in [3.8, 4) is 6.07 Å². The van der Waals surface area contributed by atoms with Gasteiger partial charge in [0, 0.05) is 11.6 Å². The van der Waals surface area contributed by atoms with Crippen LogP contribution in [0.3, 0.4) is 0 Å². The summed E-state index contributed by atoms with van der Waals surface area (Å²) < 4.78 is 31.1. The maximum atomic E-state index is 13.6. The highest BCUT2D eigenvalue weighted by Gasteiger charge is 2.27. The van der Waals surface area contributed by atoms with Gasteiger partial charge in [-0.2, -0.15) is 5.26 Å². The van der Waals surface area contributed by atoms with Gasteiger partial charge in [0.25, 0.3) is 0 Å². The Morgan fingerprint density at radius 1 is 1.37 bits per heavy atom. The Balaban J connectivity index is 2.44. The number of nitriles is 1. The summed E-state index contributed by atoms with van der Waals surface area (Å²) in [6.45, 7) is 0. The van der Waals surface area contributed by atoms with Crippen LogP contribution in [0.1, 0.15) is 21.8 Å². The molecule has 0 saturated carbocycles. The molecule has 0 aliphatic rings. The van der Waals surface area contributed by atoms with Crippen LogP contribution >= 0.6 is 11.6 Å². The maximum absolute atomic E-state index is 13.6. The molecule has 0 fully saturated rings. The Kier molecular flexibility index (Phi) is 3.63. The molecular formula is C13H6ClF2NO2. The van der Waals surface area contributed by atoms with Gasteiger partial charge in [-0.3, -0.25) is 4.79 Å². The number of hydrogen-bond donors (Lipinski definition) is 0. The van der Waals surface area contributed by atoms with Crippen molar-refractivity contribution < 1.29 is 18.0 Å².